The molecule has 0 aliphatic carbocycles. The van der Waals surface area contributed by atoms with Crippen LogP contribution >= 0.6 is 11.6 Å². The molecule has 0 aliphatic heterocycles. The van der Waals surface area contributed by atoms with Crippen LogP contribution in [0.15, 0.2) is 39.4 Å². The van der Waals surface area contributed by atoms with Gasteiger partial charge in [-0.2, -0.15) is 0 Å². The minimum absolute atomic E-state index is 0.105. The summed E-state index contributed by atoms with van der Waals surface area (Å²) in [6.45, 7) is 3.07. The number of furan rings is 2. The third-order valence-electron chi connectivity index (χ3n) is 2.56. The summed E-state index contributed by atoms with van der Waals surface area (Å²) in [5.41, 5.74) is 0. The molecule has 2 aromatic rings. The van der Waals surface area contributed by atoms with E-state index in [9.17, 15) is 0 Å². The minimum Gasteiger partial charge on any atom is -0.469 e. The first-order valence-corrected chi connectivity index (χ1v) is 6.18. The summed E-state index contributed by atoms with van der Waals surface area (Å²) in [4.78, 5) is 0. The quantitative estimate of drug-likeness (QED) is 0.851. The number of halogens is 1. The molecule has 0 spiro atoms. The van der Waals surface area contributed by atoms with Crippen molar-refractivity contribution in [3.8, 4) is 0 Å². The molecule has 2 heterocycles. The van der Waals surface area contributed by atoms with E-state index in [1.165, 1.54) is 0 Å². The molecule has 3 nitrogen and oxygen atoms in total. The molecule has 0 bridgehead atoms. The van der Waals surface area contributed by atoms with Gasteiger partial charge in [0.05, 0.1) is 12.3 Å². The molecule has 92 valence electrons. The Kier molecular flexibility index (Phi) is 4.29. The molecule has 0 fully saturated rings. The fraction of sp³-hybridized carbons (Fsp3) is 0.385. The lowest BCUT2D eigenvalue weighted by Crippen LogP contribution is -2.23. The van der Waals surface area contributed by atoms with E-state index in [4.69, 9.17) is 20.4 Å². The van der Waals surface area contributed by atoms with Crippen LogP contribution in [-0.2, 0) is 6.42 Å². The first kappa shape index (κ1) is 12.3. The summed E-state index contributed by atoms with van der Waals surface area (Å²) in [5, 5.41) is 3.84. The standard InChI is InChI=1S/C13H16ClNO2/c1-2-7-15-11(9-10-4-3-8-16-10)12-5-6-13(14)17-12/h3-6,8,11,15H,2,7,9H2,1H3. The molecule has 1 atom stereocenters. The number of hydrogen-bond donors (Lipinski definition) is 1. The summed E-state index contributed by atoms with van der Waals surface area (Å²) in [6, 6.07) is 7.62. The molecule has 1 N–H and O–H groups in total. The van der Waals surface area contributed by atoms with E-state index >= 15 is 0 Å². The SMILES string of the molecule is CCCNC(Cc1ccco1)c1ccc(Cl)o1. The second kappa shape index (κ2) is 5.94. The van der Waals surface area contributed by atoms with Crippen molar-refractivity contribution in [1.29, 1.82) is 0 Å². The number of nitrogens with one attached hydrogen (secondary N) is 1. The van der Waals surface area contributed by atoms with E-state index < -0.39 is 0 Å². The average Bonchev–Trinajstić information content (AvgIpc) is 2.95. The molecular formula is C13H16ClNO2. The molecule has 0 aromatic carbocycles. The fourth-order valence-corrected chi connectivity index (χ4v) is 1.89. The van der Waals surface area contributed by atoms with E-state index in [0.29, 0.717) is 5.22 Å². The van der Waals surface area contributed by atoms with Gasteiger partial charge in [0.25, 0.3) is 0 Å². The second-order valence-corrected chi connectivity index (χ2v) is 4.30. The van der Waals surface area contributed by atoms with Crippen molar-refractivity contribution >= 4 is 11.6 Å². The Bertz CT molecular complexity index is 436. The van der Waals surface area contributed by atoms with Crippen molar-refractivity contribution in [2.45, 2.75) is 25.8 Å². The monoisotopic (exact) mass is 253 g/mol. The third-order valence-corrected chi connectivity index (χ3v) is 2.77. The maximum Gasteiger partial charge on any atom is 0.193 e. The predicted molar refractivity (Wildman–Crippen MR) is 67.2 cm³/mol. The largest absolute Gasteiger partial charge is 0.469 e. The molecule has 2 rings (SSSR count). The van der Waals surface area contributed by atoms with Crippen LogP contribution in [0.3, 0.4) is 0 Å². The van der Waals surface area contributed by atoms with E-state index in [2.05, 4.69) is 12.2 Å². The molecule has 0 radical (unpaired) electrons. The average molecular weight is 254 g/mol. The Morgan fingerprint density at radius 2 is 2.24 bits per heavy atom. The van der Waals surface area contributed by atoms with Crippen molar-refractivity contribution in [3.05, 3.63) is 47.3 Å². The summed E-state index contributed by atoms with van der Waals surface area (Å²) < 4.78 is 10.8. The zero-order valence-corrected chi connectivity index (χ0v) is 10.5. The molecule has 2 aromatic heterocycles. The highest BCUT2D eigenvalue weighted by molar-refractivity contribution is 6.28. The van der Waals surface area contributed by atoms with Crippen molar-refractivity contribution < 1.29 is 8.83 Å². The topological polar surface area (TPSA) is 38.3 Å². The zero-order valence-electron chi connectivity index (χ0n) is 9.78. The van der Waals surface area contributed by atoms with Crippen LogP contribution in [0.2, 0.25) is 5.22 Å². The minimum atomic E-state index is 0.105. The predicted octanol–water partition coefficient (Wildman–Crippen LogP) is 3.81. The molecular weight excluding hydrogens is 238 g/mol. The van der Waals surface area contributed by atoms with Crippen molar-refractivity contribution in [2.24, 2.45) is 0 Å². The maximum absolute atomic E-state index is 5.80. The van der Waals surface area contributed by atoms with Crippen LogP contribution in [0.4, 0.5) is 0 Å². The van der Waals surface area contributed by atoms with E-state index in [-0.39, 0.29) is 6.04 Å². The maximum atomic E-state index is 5.80. The van der Waals surface area contributed by atoms with Gasteiger partial charge < -0.3 is 14.2 Å². The molecule has 1 unspecified atom stereocenters. The van der Waals surface area contributed by atoms with E-state index in [1.807, 2.05) is 18.2 Å². The van der Waals surface area contributed by atoms with Gasteiger partial charge >= 0.3 is 0 Å². The summed E-state index contributed by atoms with van der Waals surface area (Å²) >= 11 is 5.80. The van der Waals surface area contributed by atoms with E-state index in [1.54, 1.807) is 12.3 Å². The Morgan fingerprint density at radius 1 is 1.35 bits per heavy atom. The lowest BCUT2D eigenvalue weighted by molar-refractivity contribution is 0.385. The molecule has 4 heteroatoms. The van der Waals surface area contributed by atoms with E-state index in [0.717, 1.165) is 30.9 Å². The van der Waals surface area contributed by atoms with Gasteiger partial charge in [0.1, 0.15) is 11.5 Å². The summed E-state index contributed by atoms with van der Waals surface area (Å²) in [7, 11) is 0. The normalized spacial score (nSPS) is 12.8. The van der Waals surface area contributed by atoms with Crippen LogP contribution in [-0.4, -0.2) is 6.54 Å². The highest BCUT2D eigenvalue weighted by Gasteiger charge is 2.16. The first-order valence-electron chi connectivity index (χ1n) is 5.80. The van der Waals surface area contributed by atoms with Gasteiger partial charge in [0.15, 0.2) is 5.22 Å². The highest BCUT2D eigenvalue weighted by atomic mass is 35.5. The Balaban J connectivity index is 2.07. The lowest BCUT2D eigenvalue weighted by Gasteiger charge is -2.14. The van der Waals surface area contributed by atoms with Gasteiger partial charge in [-0.25, -0.2) is 0 Å². The smallest absolute Gasteiger partial charge is 0.193 e. The first-order chi connectivity index (χ1) is 8.29. The number of rotatable bonds is 6. The van der Waals surface area contributed by atoms with Crippen molar-refractivity contribution in [3.63, 3.8) is 0 Å². The summed E-state index contributed by atoms with van der Waals surface area (Å²) in [5.74, 6) is 1.78. The van der Waals surface area contributed by atoms with Gasteiger partial charge in [0, 0.05) is 6.42 Å². The third kappa shape index (κ3) is 3.38. The summed E-state index contributed by atoms with van der Waals surface area (Å²) in [6.07, 6.45) is 3.52. The van der Waals surface area contributed by atoms with Crippen LogP contribution in [0, 0.1) is 0 Å². The second-order valence-electron chi connectivity index (χ2n) is 3.93. The fourth-order valence-electron chi connectivity index (χ4n) is 1.74. The van der Waals surface area contributed by atoms with Gasteiger partial charge in [-0.05, 0) is 48.8 Å². The van der Waals surface area contributed by atoms with Crippen molar-refractivity contribution in [2.75, 3.05) is 6.54 Å². The van der Waals surface area contributed by atoms with Gasteiger partial charge in [-0.1, -0.05) is 6.92 Å². The van der Waals surface area contributed by atoms with Gasteiger partial charge in [-0.3, -0.25) is 0 Å². The van der Waals surface area contributed by atoms with Crippen LogP contribution in [0.5, 0.6) is 0 Å². The molecule has 0 aliphatic rings. The van der Waals surface area contributed by atoms with Crippen LogP contribution in [0.25, 0.3) is 0 Å². The lowest BCUT2D eigenvalue weighted by atomic mass is 10.1. The molecule has 0 saturated carbocycles. The molecule has 0 saturated heterocycles. The van der Waals surface area contributed by atoms with Crippen molar-refractivity contribution in [1.82, 2.24) is 5.32 Å². The Hall–Kier alpha value is -1.19. The molecule has 17 heavy (non-hydrogen) atoms. The number of hydrogen-bond acceptors (Lipinski definition) is 3. The van der Waals surface area contributed by atoms with Crippen LogP contribution in [0.1, 0.15) is 30.9 Å². The zero-order chi connectivity index (χ0) is 12.1. The Labute approximate surface area is 106 Å². The molecule has 0 amide bonds. The Morgan fingerprint density at radius 3 is 2.82 bits per heavy atom. The van der Waals surface area contributed by atoms with Crippen LogP contribution < -0.4 is 5.32 Å². The van der Waals surface area contributed by atoms with Gasteiger partial charge in [0.2, 0.25) is 0 Å². The highest BCUT2D eigenvalue weighted by Crippen LogP contribution is 2.23. The van der Waals surface area contributed by atoms with Gasteiger partial charge in [-0.15, -0.1) is 0 Å².